The molecule has 1 aromatic rings. The van der Waals surface area contributed by atoms with Crippen LogP contribution in [0.2, 0.25) is 0 Å². The van der Waals surface area contributed by atoms with Crippen molar-refractivity contribution in [2.45, 2.75) is 12.5 Å². The number of carboxylic acids is 1. The molecule has 2 heterocycles. The maximum Gasteiger partial charge on any atom is 0.309 e. The number of carbonyl (C=O) groups is 2. The Hall–Kier alpha value is -1.85. The summed E-state index contributed by atoms with van der Waals surface area (Å²) in [7, 11) is 3.39. The molecule has 0 bridgehead atoms. The molecule has 0 aliphatic carbocycles. The maximum atomic E-state index is 11.5. The second-order valence-corrected chi connectivity index (χ2v) is 4.05. The first-order valence-corrected chi connectivity index (χ1v) is 4.97. The van der Waals surface area contributed by atoms with Crippen LogP contribution in [0.15, 0.2) is 12.4 Å². The van der Waals surface area contributed by atoms with Gasteiger partial charge in [-0.3, -0.25) is 14.3 Å². The lowest BCUT2D eigenvalue weighted by Crippen LogP contribution is -2.26. The highest BCUT2D eigenvalue weighted by Gasteiger charge is 2.43. The molecule has 0 saturated carbocycles. The molecule has 0 unspecified atom stereocenters. The molecule has 1 saturated heterocycles. The molecule has 0 aromatic carbocycles. The first kappa shape index (κ1) is 10.7. The van der Waals surface area contributed by atoms with Crippen LogP contribution in [0.5, 0.6) is 0 Å². The minimum atomic E-state index is -0.938. The van der Waals surface area contributed by atoms with Gasteiger partial charge in [-0.15, -0.1) is 0 Å². The number of aliphatic carboxylic acids is 1. The van der Waals surface area contributed by atoms with Gasteiger partial charge in [-0.05, 0) is 0 Å². The average Bonchev–Trinajstić information content (AvgIpc) is 2.73. The van der Waals surface area contributed by atoms with Crippen LogP contribution in [0.3, 0.4) is 0 Å². The lowest BCUT2D eigenvalue weighted by Gasteiger charge is -2.21. The van der Waals surface area contributed by atoms with Gasteiger partial charge in [0.1, 0.15) is 0 Å². The topological polar surface area (TPSA) is 75.4 Å². The maximum absolute atomic E-state index is 11.5. The van der Waals surface area contributed by atoms with Gasteiger partial charge in [-0.25, -0.2) is 0 Å². The van der Waals surface area contributed by atoms with Gasteiger partial charge in [-0.2, -0.15) is 5.10 Å². The molecule has 6 heteroatoms. The number of rotatable bonds is 2. The average molecular weight is 223 g/mol. The van der Waals surface area contributed by atoms with Crippen molar-refractivity contribution < 1.29 is 14.7 Å². The van der Waals surface area contributed by atoms with Crippen molar-refractivity contribution in [3.63, 3.8) is 0 Å². The van der Waals surface area contributed by atoms with Gasteiger partial charge in [0, 0.05) is 32.3 Å². The predicted molar refractivity (Wildman–Crippen MR) is 54.5 cm³/mol. The molecule has 1 aliphatic heterocycles. The van der Waals surface area contributed by atoms with Crippen LogP contribution in [0.4, 0.5) is 0 Å². The number of hydrogen-bond acceptors (Lipinski definition) is 3. The third-order valence-electron chi connectivity index (χ3n) is 2.97. The van der Waals surface area contributed by atoms with Crippen molar-refractivity contribution in [2.24, 2.45) is 13.0 Å². The summed E-state index contributed by atoms with van der Waals surface area (Å²) in [6, 6.07) is -0.404. The van der Waals surface area contributed by atoms with Crippen LogP contribution in [-0.4, -0.2) is 38.7 Å². The Morgan fingerprint density at radius 3 is 2.75 bits per heavy atom. The predicted octanol–water partition coefficient (Wildman–Crippen LogP) is 0.0241. The van der Waals surface area contributed by atoms with Gasteiger partial charge >= 0.3 is 5.97 Å². The van der Waals surface area contributed by atoms with Crippen molar-refractivity contribution in [3.05, 3.63) is 18.0 Å². The van der Waals surface area contributed by atoms with Crippen molar-refractivity contribution >= 4 is 11.9 Å². The molecule has 1 N–H and O–H groups in total. The van der Waals surface area contributed by atoms with E-state index in [0.717, 1.165) is 5.56 Å². The minimum Gasteiger partial charge on any atom is -0.481 e. The molecular formula is C10H13N3O3. The highest BCUT2D eigenvalue weighted by molar-refractivity contribution is 5.87. The van der Waals surface area contributed by atoms with Crippen LogP contribution < -0.4 is 0 Å². The van der Waals surface area contributed by atoms with Gasteiger partial charge < -0.3 is 10.0 Å². The smallest absolute Gasteiger partial charge is 0.309 e. The summed E-state index contributed by atoms with van der Waals surface area (Å²) in [5.74, 6) is -1.76. The van der Waals surface area contributed by atoms with E-state index < -0.39 is 17.9 Å². The van der Waals surface area contributed by atoms with E-state index in [1.807, 2.05) is 0 Å². The van der Waals surface area contributed by atoms with Gasteiger partial charge in [0.05, 0.1) is 18.2 Å². The number of aryl methyl sites for hydroxylation is 1. The number of aromatic nitrogens is 2. The second-order valence-electron chi connectivity index (χ2n) is 4.05. The molecule has 2 atom stereocenters. The summed E-state index contributed by atoms with van der Waals surface area (Å²) < 4.78 is 1.60. The SMILES string of the molecule is CN1C(=O)C[C@H](C(=O)O)[C@@H]1c1cnn(C)c1. The van der Waals surface area contributed by atoms with E-state index >= 15 is 0 Å². The van der Waals surface area contributed by atoms with Crippen molar-refractivity contribution in [1.29, 1.82) is 0 Å². The monoisotopic (exact) mass is 223 g/mol. The minimum absolute atomic E-state index is 0.0609. The Kier molecular flexibility index (Phi) is 2.41. The van der Waals surface area contributed by atoms with Crippen LogP contribution in [0, 0.1) is 5.92 Å². The van der Waals surface area contributed by atoms with Crippen LogP contribution in [0.25, 0.3) is 0 Å². The molecule has 86 valence electrons. The fourth-order valence-corrected chi connectivity index (χ4v) is 2.14. The molecular weight excluding hydrogens is 210 g/mol. The van der Waals surface area contributed by atoms with E-state index in [4.69, 9.17) is 5.11 Å². The van der Waals surface area contributed by atoms with Gasteiger partial charge in [0.15, 0.2) is 0 Å². The molecule has 1 aliphatic rings. The Bertz CT molecular complexity index is 440. The Balaban J connectivity index is 2.36. The van der Waals surface area contributed by atoms with E-state index in [9.17, 15) is 9.59 Å². The summed E-state index contributed by atoms with van der Waals surface area (Å²) >= 11 is 0. The fourth-order valence-electron chi connectivity index (χ4n) is 2.14. The second kappa shape index (κ2) is 3.62. The molecule has 6 nitrogen and oxygen atoms in total. The normalized spacial score (nSPS) is 25.1. The first-order chi connectivity index (χ1) is 7.50. The zero-order chi connectivity index (χ0) is 11.9. The van der Waals surface area contributed by atoms with Crippen molar-refractivity contribution in [2.75, 3.05) is 7.05 Å². The zero-order valence-electron chi connectivity index (χ0n) is 9.12. The molecule has 1 fully saturated rings. The summed E-state index contributed by atoms with van der Waals surface area (Å²) in [5, 5.41) is 13.1. The number of hydrogen-bond donors (Lipinski definition) is 1. The van der Waals surface area contributed by atoms with E-state index in [0.29, 0.717) is 0 Å². The summed E-state index contributed by atoms with van der Waals surface area (Å²) in [6.45, 7) is 0. The third-order valence-corrected chi connectivity index (χ3v) is 2.97. The van der Waals surface area contributed by atoms with Gasteiger partial charge in [-0.1, -0.05) is 0 Å². The fraction of sp³-hybridized carbons (Fsp3) is 0.500. The van der Waals surface area contributed by atoms with E-state index in [-0.39, 0.29) is 12.3 Å². The Labute approximate surface area is 92.5 Å². The number of carbonyl (C=O) groups excluding carboxylic acids is 1. The lowest BCUT2D eigenvalue weighted by atomic mass is 9.96. The van der Waals surface area contributed by atoms with E-state index in [2.05, 4.69) is 5.10 Å². The largest absolute Gasteiger partial charge is 0.481 e. The number of amides is 1. The summed E-state index contributed by atoms with van der Waals surface area (Å²) in [6.07, 6.45) is 3.41. The van der Waals surface area contributed by atoms with Gasteiger partial charge in [0.2, 0.25) is 5.91 Å². The van der Waals surface area contributed by atoms with E-state index in [1.54, 1.807) is 31.2 Å². The lowest BCUT2D eigenvalue weighted by molar-refractivity contribution is -0.142. The summed E-state index contributed by atoms with van der Waals surface area (Å²) in [4.78, 5) is 24.1. The number of carboxylic acid groups (broad SMARTS) is 1. The highest BCUT2D eigenvalue weighted by atomic mass is 16.4. The zero-order valence-corrected chi connectivity index (χ0v) is 9.12. The number of nitrogens with zero attached hydrogens (tertiary/aromatic N) is 3. The molecule has 1 amide bonds. The molecule has 1 aromatic heterocycles. The Morgan fingerprint density at radius 1 is 1.56 bits per heavy atom. The van der Waals surface area contributed by atoms with Crippen molar-refractivity contribution in [3.8, 4) is 0 Å². The Morgan fingerprint density at radius 2 is 2.25 bits per heavy atom. The first-order valence-electron chi connectivity index (χ1n) is 4.97. The van der Waals surface area contributed by atoms with Gasteiger partial charge in [0.25, 0.3) is 0 Å². The molecule has 16 heavy (non-hydrogen) atoms. The van der Waals surface area contributed by atoms with Crippen LogP contribution in [0.1, 0.15) is 18.0 Å². The highest BCUT2D eigenvalue weighted by Crippen LogP contribution is 2.36. The van der Waals surface area contributed by atoms with E-state index in [1.165, 1.54) is 4.90 Å². The standard InChI is InChI=1S/C10H13N3O3/c1-12-5-6(4-11-12)9-7(10(15)16)3-8(14)13(9)2/h4-5,7,9H,3H2,1-2H3,(H,15,16)/t7-,9-/m0/s1. The summed E-state index contributed by atoms with van der Waals surface area (Å²) in [5.41, 5.74) is 0.767. The van der Waals surface area contributed by atoms with Crippen LogP contribution in [-0.2, 0) is 16.6 Å². The molecule has 0 radical (unpaired) electrons. The molecule has 2 rings (SSSR count). The van der Waals surface area contributed by atoms with Crippen molar-refractivity contribution in [1.82, 2.24) is 14.7 Å². The number of likely N-dealkylation sites (tertiary alicyclic amines) is 1. The molecule has 0 spiro atoms. The van der Waals surface area contributed by atoms with Crippen LogP contribution >= 0.6 is 0 Å². The quantitative estimate of drug-likeness (QED) is 0.767. The third kappa shape index (κ3) is 1.56.